The predicted molar refractivity (Wildman–Crippen MR) is 104 cm³/mol. The summed E-state index contributed by atoms with van der Waals surface area (Å²) in [5, 5.41) is 55.4. The summed E-state index contributed by atoms with van der Waals surface area (Å²) in [7, 11) is 0. The van der Waals surface area contributed by atoms with E-state index in [-0.39, 0.29) is 37.9 Å². The Labute approximate surface area is 172 Å². The summed E-state index contributed by atoms with van der Waals surface area (Å²) in [4.78, 5) is 12.6. The highest BCUT2D eigenvalue weighted by Crippen LogP contribution is 2.69. The molecule has 0 aromatic carbocycles. The minimum atomic E-state index is -1.26. The van der Waals surface area contributed by atoms with Crippen molar-refractivity contribution in [3.05, 3.63) is 0 Å². The van der Waals surface area contributed by atoms with Gasteiger partial charge in [-0.3, -0.25) is 4.79 Å². The Kier molecular flexibility index (Phi) is 5.11. The Morgan fingerprint density at radius 2 is 1.79 bits per heavy atom. The molecule has 0 aromatic rings. The quantitative estimate of drug-likeness (QED) is 0.433. The van der Waals surface area contributed by atoms with Gasteiger partial charge in [0.1, 0.15) is 0 Å². The lowest BCUT2D eigenvalue weighted by molar-refractivity contribution is -0.293. The topological polar surface area (TPSA) is 127 Å². The van der Waals surface area contributed by atoms with Crippen molar-refractivity contribution in [1.82, 2.24) is 0 Å². The van der Waals surface area contributed by atoms with E-state index in [2.05, 4.69) is 0 Å². The smallest absolute Gasteiger partial charge is 0.309 e. The van der Waals surface area contributed by atoms with Crippen LogP contribution in [0.1, 0.15) is 65.2 Å². The molecule has 5 N–H and O–H groups in total. The first-order chi connectivity index (χ1) is 13.6. The van der Waals surface area contributed by atoms with Crippen LogP contribution in [0.5, 0.6) is 0 Å². The van der Waals surface area contributed by atoms with E-state index in [1.807, 2.05) is 6.92 Å². The third-order valence-electron chi connectivity index (χ3n) is 9.45. The first kappa shape index (κ1) is 21.5. The highest BCUT2D eigenvalue weighted by atomic mass is 16.5. The third-order valence-corrected chi connectivity index (χ3v) is 9.45. The number of hydrogen-bond donors (Lipinski definition) is 5. The molecule has 29 heavy (non-hydrogen) atoms. The lowest BCUT2D eigenvalue weighted by atomic mass is 9.41. The van der Waals surface area contributed by atoms with E-state index < -0.39 is 46.1 Å². The van der Waals surface area contributed by atoms with Gasteiger partial charge in [0.25, 0.3) is 0 Å². The second-order valence-electron chi connectivity index (χ2n) is 10.4. The highest BCUT2D eigenvalue weighted by molar-refractivity contribution is 5.74. The number of aliphatic hydroxyl groups excluding tert-OH is 3. The lowest BCUT2D eigenvalue weighted by Gasteiger charge is -2.67. The molecule has 0 radical (unpaired) electrons. The number of carbonyl (C=O) groups is 1. The molecular weight excluding hydrogens is 376 g/mol. The average molecular weight is 413 g/mol. The minimum Gasteiger partial charge on any atom is -0.466 e. The van der Waals surface area contributed by atoms with Crippen LogP contribution in [0.2, 0.25) is 0 Å². The fourth-order valence-corrected chi connectivity index (χ4v) is 8.02. The fraction of sp³-hybridized carbons (Fsp3) is 0.955. The number of rotatable bonds is 3. The zero-order valence-corrected chi connectivity index (χ0v) is 17.5. The third kappa shape index (κ3) is 2.64. The van der Waals surface area contributed by atoms with E-state index in [9.17, 15) is 30.3 Å². The monoisotopic (exact) mass is 412 g/mol. The van der Waals surface area contributed by atoms with E-state index in [1.165, 1.54) is 0 Å². The van der Waals surface area contributed by atoms with Gasteiger partial charge >= 0.3 is 5.97 Å². The van der Waals surface area contributed by atoms with Crippen molar-refractivity contribution in [3.63, 3.8) is 0 Å². The van der Waals surface area contributed by atoms with Crippen LogP contribution in [0.25, 0.3) is 0 Å². The van der Waals surface area contributed by atoms with Gasteiger partial charge in [0.15, 0.2) is 0 Å². The van der Waals surface area contributed by atoms with E-state index in [4.69, 9.17) is 4.74 Å². The van der Waals surface area contributed by atoms with E-state index in [0.717, 1.165) is 0 Å². The number of fused-ring (bicyclic) bond motifs is 5. The molecule has 0 aromatic heterocycles. The van der Waals surface area contributed by atoms with Crippen LogP contribution >= 0.6 is 0 Å². The molecule has 4 fully saturated rings. The molecule has 4 aliphatic carbocycles. The van der Waals surface area contributed by atoms with Crippen LogP contribution in [0.15, 0.2) is 0 Å². The van der Waals surface area contributed by atoms with Crippen LogP contribution in [-0.2, 0) is 9.53 Å². The zero-order chi connectivity index (χ0) is 21.2. The summed E-state index contributed by atoms with van der Waals surface area (Å²) < 4.78 is 5.27. The van der Waals surface area contributed by atoms with Crippen molar-refractivity contribution in [2.75, 3.05) is 13.2 Å². The second-order valence-corrected chi connectivity index (χ2v) is 10.4. The minimum absolute atomic E-state index is 0.185. The highest BCUT2D eigenvalue weighted by Gasteiger charge is 2.73. The van der Waals surface area contributed by atoms with Crippen molar-refractivity contribution in [3.8, 4) is 0 Å². The van der Waals surface area contributed by atoms with E-state index in [1.54, 1.807) is 6.92 Å². The maximum atomic E-state index is 12.6. The van der Waals surface area contributed by atoms with Gasteiger partial charge in [-0.15, -0.1) is 0 Å². The van der Waals surface area contributed by atoms with Gasteiger partial charge in [-0.2, -0.15) is 0 Å². The van der Waals surface area contributed by atoms with Crippen molar-refractivity contribution in [2.45, 2.75) is 88.6 Å². The van der Waals surface area contributed by atoms with Gasteiger partial charge in [-0.25, -0.2) is 0 Å². The summed E-state index contributed by atoms with van der Waals surface area (Å²) in [6.07, 6.45) is 1.63. The molecule has 166 valence electrons. The summed E-state index contributed by atoms with van der Waals surface area (Å²) in [5.74, 6) is -1.58. The Bertz CT molecular complexity index is 670. The SMILES string of the molecule is CCOC(=O)[C@H]1CC[C@@]2(O)[C@@H]3CC[C@@]4(O)C[C@@H](O)CC[C@]4(CO)[C@H]3[C@@H](O)C[C@]12C. The zero-order valence-electron chi connectivity index (χ0n) is 17.5. The number of hydrogen-bond acceptors (Lipinski definition) is 7. The van der Waals surface area contributed by atoms with E-state index in [0.29, 0.717) is 38.5 Å². The Morgan fingerprint density at radius 3 is 2.45 bits per heavy atom. The molecule has 9 atom stereocenters. The maximum Gasteiger partial charge on any atom is 0.309 e. The van der Waals surface area contributed by atoms with Crippen molar-refractivity contribution >= 4 is 5.97 Å². The van der Waals surface area contributed by atoms with Crippen molar-refractivity contribution in [2.24, 2.45) is 28.6 Å². The maximum absolute atomic E-state index is 12.6. The molecule has 0 saturated heterocycles. The van der Waals surface area contributed by atoms with Gasteiger partial charge in [-0.05, 0) is 57.8 Å². The molecule has 4 rings (SSSR count). The molecule has 0 spiro atoms. The van der Waals surface area contributed by atoms with Crippen molar-refractivity contribution in [1.29, 1.82) is 0 Å². The summed E-state index contributed by atoms with van der Waals surface area (Å²) >= 11 is 0. The van der Waals surface area contributed by atoms with Gasteiger partial charge in [-0.1, -0.05) is 6.92 Å². The van der Waals surface area contributed by atoms with Crippen molar-refractivity contribution < 1.29 is 35.1 Å². The summed E-state index contributed by atoms with van der Waals surface area (Å²) in [6.45, 7) is 3.64. The molecule has 7 heteroatoms. The predicted octanol–water partition coefficient (Wildman–Crippen LogP) is 0.742. The van der Waals surface area contributed by atoms with Gasteiger partial charge < -0.3 is 30.3 Å². The van der Waals surface area contributed by atoms with Crippen LogP contribution < -0.4 is 0 Å². The largest absolute Gasteiger partial charge is 0.466 e. The molecule has 7 nitrogen and oxygen atoms in total. The van der Waals surface area contributed by atoms with Gasteiger partial charge in [0.2, 0.25) is 0 Å². The van der Waals surface area contributed by atoms with Crippen LogP contribution in [0, 0.1) is 28.6 Å². The molecule has 0 unspecified atom stereocenters. The number of esters is 1. The van der Waals surface area contributed by atoms with Crippen LogP contribution in [-0.4, -0.2) is 68.1 Å². The van der Waals surface area contributed by atoms with Crippen LogP contribution in [0.3, 0.4) is 0 Å². The molecular formula is C22H36O7. The molecule has 0 aliphatic heterocycles. The molecule has 0 amide bonds. The molecule has 4 saturated carbocycles. The van der Waals surface area contributed by atoms with Crippen LogP contribution in [0.4, 0.5) is 0 Å². The first-order valence-electron chi connectivity index (χ1n) is 11.2. The first-order valence-corrected chi connectivity index (χ1v) is 11.2. The second kappa shape index (κ2) is 6.89. The number of aliphatic hydroxyl groups is 5. The summed E-state index contributed by atoms with van der Waals surface area (Å²) in [6, 6.07) is 0. The Hall–Kier alpha value is -0.730. The normalized spacial score (nSPS) is 54.2. The molecule has 0 bridgehead atoms. The molecule has 0 heterocycles. The summed E-state index contributed by atoms with van der Waals surface area (Å²) in [5.41, 5.74) is -4.17. The number of carbonyl (C=O) groups excluding carboxylic acids is 1. The average Bonchev–Trinajstić information content (AvgIpc) is 2.92. The standard InChI is InChI=1S/C22H36O7/c1-3-29-18(26)15-6-9-22(28)14-5-8-21(27)10-13(24)4-7-20(21,12-23)17(14)16(25)11-19(15,22)2/h13-17,23-25,27-28H,3-12H2,1-2H3/t13-,14+,15+,16-,17+,19+,20-,21+,22+/m0/s1. The Morgan fingerprint density at radius 1 is 1.07 bits per heavy atom. The molecule has 4 aliphatic rings. The van der Waals surface area contributed by atoms with Gasteiger partial charge in [0.05, 0.1) is 42.5 Å². The van der Waals surface area contributed by atoms with E-state index >= 15 is 0 Å². The Balaban J connectivity index is 1.74. The van der Waals surface area contributed by atoms with Gasteiger partial charge in [0, 0.05) is 23.2 Å². The number of ether oxygens (including phenoxy) is 1. The lowest BCUT2D eigenvalue weighted by Crippen LogP contribution is -2.72. The fourth-order valence-electron chi connectivity index (χ4n) is 8.02.